The fourth-order valence-corrected chi connectivity index (χ4v) is 4.11. The number of nitrogens with zero attached hydrogens (tertiary/aromatic N) is 4. The van der Waals surface area contributed by atoms with Crippen LogP contribution in [0.15, 0.2) is 35.3 Å². The van der Waals surface area contributed by atoms with Crippen molar-refractivity contribution in [2.45, 2.75) is 51.4 Å². The van der Waals surface area contributed by atoms with E-state index in [0.717, 1.165) is 52.6 Å². The summed E-state index contributed by atoms with van der Waals surface area (Å²) < 4.78 is 7.97. The third-order valence-corrected chi connectivity index (χ3v) is 5.56. The van der Waals surface area contributed by atoms with Gasteiger partial charge in [-0.1, -0.05) is 19.8 Å². The van der Waals surface area contributed by atoms with Crippen molar-refractivity contribution < 1.29 is 14.6 Å². The highest BCUT2D eigenvalue weighted by Crippen LogP contribution is 2.34. The quantitative estimate of drug-likeness (QED) is 0.395. The van der Waals surface area contributed by atoms with E-state index in [1.54, 1.807) is 30.2 Å². The van der Waals surface area contributed by atoms with Gasteiger partial charge in [-0.15, -0.1) is 0 Å². The van der Waals surface area contributed by atoms with Crippen molar-refractivity contribution in [1.29, 1.82) is 0 Å². The number of pyridine rings is 1. The van der Waals surface area contributed by atoms with Crippen LogP contribution in [0, 0.1) is 0 Å². The molecule has 168 valence electrons. The molecule has 0 aliphatic heterocycles. The molecule has 1 unspecified atom stereocenters. The van der Waals surface area contributed by atoms with Gasteiger partial charge in [0, 0.05) is 35.9 Å². The number of rotatable bonds is 10. The van der Waals surface area contributed by atoms with Gasteiger partial charge in [0.2, 0.25) is 0 Å². The second-order valence-electron chi connectivity index (χ2n) is 7.04. The van der Waals surface area contributed by atoms with Crippen LogP contribution >= 0.6 is 15.9 Å². The molecule has 9 heteroatoms. The van der Waals surface area contributed by atoms with Crippen LogP contribution in [0.4, 0.5) is 0 Å². The molecule has 0 aliphatic rings. The van der Waals surface area contributed by atoms with E-state index < -0.39 is 5.97 Å². The first kappa shape index (κ1) is 24.7. The Kier molecular flexibility index (Phi) is 9.87. The predicted octanol–water partition coefficient (Wildman–Crippen LogP) is 4.67. The number of methoxy groups -OCH3 is 1. The molecule has 3 aromatic rings. The van der Waals surface area contributed by atoms with Gasteiger partial charge in [0.15, 0.2) is 5.65 Å². The lowest BCUT2D eigenvalue weighted by molar-refractivity contribution is -0.137. The summed E-state index contributed by atoms with van der Waals surface area (Å²) >= 11 is 3.66. The SMILES string of the molecule is CCCC(CCCCC(=O)O)c1nc2c(-c3cncc(OC)c3)cnn2cc1Br.CN. The van der Waals surface area contributed by atoms with Gasteiger partial charge in [0.05, 0.1) is 29.7 Å². The molecule has 31 heavy (non-hydrogen) atoms. The van der Waals surface area contributed by atoms with E-state index in [4.69, 9.17) is 14.8 Å². The Labute approximate surface area is 191 Å². The van der Waals surface area contributed by atoms with E-state index >= 15 is 0 Å². The molecular formula is C22H30BrN5O3. The van der Waals surface area contributed by atoms with Crippen molar-refractivity contribution in [3.8, 4) is 16.9 Å². The fraction of sp³-hybridized carbons (Fsp3) is 0.455. The summed E-state index contributed by atoms with van der Waals surface area (Å²) in [5, 5.41) is 13.3. The Bertz CT molecular complexity index is 992. The minimum Gasteiger partial charge on any atom is -0.495 e. The number of aromatic nitrogens is 4. The molecule has 3 rings (SSSR count). The first-order chi connectivity index (χ1) is 15.0. The largest absolute Gasteiger partial charge is 0.495 e. The van der Waals surface area contributed by atoms with E-state index in [1.807, 2.05) is 12.3 Å². The number of ether oxygens (including phenoxy) is 1. The zero-order valence-electron chi connectivity index (χ0n) is 18.2. The number of aliphatic carboxylic acids is 1. The lowest BCUT2D eigenvalue weighted by Crippen LogP contribution is -2.06. The van der Waals surface area contributed by atoms with Crippen LogP contribution in [0.2, 0.25) is 0 Å². The summed E-state index contributed by atoms with van der Waals surface area (Å²) in [4.78, 5) is 20.0. The Balaban J connectivity index is 0.00000166. The first-order valence-electron chi connectivity index (χ1n) is 10.4. The van der Waals surface area contributed by atoms with Crippen LogP contribution < -0.4 is 10.5 Å². The van der Waals surface area contributed by atoms with Crippen molar-refractivity contribution >= 4 is 27.5 Å². The molecule has 3 heterocycles. The number of carboxylic acid groups (broad SMARTS) is 1. The van der Waals surface area contributed by atoms with Crippen molar-refractivity contribution in [2.75, 3.05) is 14.2 Å². The average Bonchev–Trinajstić information content (AvgIpc) is 3.19. The maximum Gasteiger partial charge on any atom is 0.303 e. The number of unbranched alkanes of at least 4 members (excludes halogenated alkanes) is 1. The van der Waals surface area contributed by atoms with Gasteiger partial charge in [0.25, 0.3) is 0 Å². The van der Waals surface area contributed by atoms with Gasteiger partial charge in [-0.25, -0.2) is 9.50 Å². The molecule has 0 saturated heterocycles. The average molecular weight is 492 g/mol. The monoisotopic (exact) mass is 491 g/mol. The summed E-state index contributed by atoms with van der Waals surface area (Å²) in [6, 6.07) is 1.92. The van der Waals surface area contributed by atoms with Crippen LogP contribution in [0.1, 0.15) is 57.1 Å². The molecule has 0 radical (unpaired) electrons. The van der Waals surface area contributed by atoms with Gasteiger partial charge < -0.3 is 15.6 Å². The number of hydrogen-bond donors (Lipinski definition) is 2. The van der Waals surface area contributed by atoms with Crippen LogP contribution in [0.5, 0.6) is 5.75 Å². The molecule has 0 aliphatic carbocycles. The second-order valence-corrected chi connectivity index (χ2v) is 7.89. The molecule has 3 aromatic heterocycles. The summed E-state index contributed by atoms with van der Waals surface area (Å²) in [6.45, 7) is 2.16. The summed E-state index contributed by atoms with van der Waals surface area (Å²) in [5.41, 5.74) is 8.05. The lowest BCUT2D eigenvalue weighted by Gasteiger charge is -2.17. The molecule has 0 spiro atoms. The van der Waals surface area contributed by atoms with Gasteiger partial charge in [-0.2, -0.15) is 5.10 Å². The molecule has 0 aromatic carbocycles. The number of fused-ring (bicyclic) bond motifs is 1. The summed E-state index contributed by atoms with van der Waals surface area (Å²) in [6.07, 6.45) is 11.9. The Morgan fingerprint density at radius 2 is 2.03 bits per heavy atom. The molecule has 0 fully saturated rings. The number of nitrogens with two attached hydrogens (primary N) is 1. The number of carbonyl (C=O) groups is 1. The Hall–Kier alpha value is -2.52. The van der Waals surface area contributed by atoms with E-state index in [-0.39, 0.29) is 12.3 Å². The Morgan fingerprint density at radius 1 is 1.26 bits per heavy atom. The van der Waals surface area contributed by atoms with Crippen LogP contribution in [-0.4, -0.2) is 44.8 Å². The number of hydrogen-bond acceptors (Lipinski definition) is 6. The summed E-state index contributed by atoms with van der Waals surface area (Å²) in [5.74, 6) is 0.203. The van der Waals surface area contributed by atoms with E-state index in [2.05, 4.69) is 38.7 Å². The maximum absolute atomic E-state index is 10.8. The van der Waals surface area contributed by atoms with Crippen molar-refractivity contribution in [3.05, 3.63) is 41.0 Å². The van der Waals surface area contributed by atoms with Crippen LogP contribution in [0.3, 0.4) is 0 Å². The highest BCUT2D eigenvalue weighted by Gasteiger charge is 2.19. The minimum atomic E-state index is -0.742. The molecule has 0 saturated carbocycles. The number of halogens is 1. The topological polar surface area (TPSA) is 116 Å². The highest BCUT2D eigenvalue weighted by molar-refractivity contribution is 9.10. The normalized spacial score (nSPS) is 11.6. The van der Waals surface area contributed by atoms with Crippen LogP contribution in [-0.2, 0) is 4.79 Å². The smallest absolute Gasteiger partial charge is 0.303 e. The van der Waals surface area contributed by atoms with Gasteiger partial charge >= 0.3 is 5.97 Å². The van der Waals surface area contributed by atoms with E-state index in [9.17, 15) is 4.79 Å². The fourth-order valence-electron chi connectivity index (χ4n) is 3.50. The van der Waals surface area contributed by atoms with Crippen LogP contribution in [0.25, 0.3) is 16.8 Å². The van der Waals surface area contributed by atoms with E-state index in [1.165, 1.54) is 7.05 Å². The predicted molar refractivity (Wildman–Crippen MR) is 124 cm³/mol. The van der Waals surface area contributed by atoms with Gasteiger partial charge in [0.1, 0.15) is 5.75 Å². The van der Waals surface area contributed by atoms with Crippen molar-refractivity contribution in [1.82, 2.24) is 19.6 Å². The molecule has 8 nitrogen and oxygen atoms in total. The van der Waals surface area contributed by atoms with E-state index in [0.29, 0.717) is 12.2 Å². The molecule has 0 bridgehead atoms. The molecular weight excluding hydrogens is 462 g/mol. The number of carboxylic acids is 1. The third kappa shape index (κ3) is 6.48. The summed E-state index contributed by atoms with van der Waals surface area (Å²) in [7, 11) is 3.12. The zero-order valence-corrected chi connectivity index (χ0v) is 19.8. The minimum absolute atomic E-state index is 0.210. The molecule has 1 atom stereocenters. The van der Waals surface area contributed by atoms with Crippen molar-refractivity contribution in [3.63, 3.8) is 0 Å². The third-order valence-electron chi connectivity index (χ3n) is 4.95. The zero-order chi connectivity index (χ0) is 22.8. The standard InChI is InChI=1S/C21H25BrN4O3.CH5N/c1-3-6-14(7-4-5-8-19(27)28)20-18(22)13-26-21(25-20)17(12-24-26)15-9-16(29-2)11-23-10-15;1-2/h9-14H,3-8H2,1-2H3,(H,27,28);2H2,1H3. The van der Waals surface area contributed by atoms with Gasteiger partial charge in [-0.05, 0) is 48.3 Å². The maximum atomic E-state index is 10.8. The molecule has 3 N–H and O–H groups in total. The highest BCUT2D eigenvalue weighted by atomic mass is 79.9. The lowest BCUT2D eigenvalue weighted by atomic mass is 9.93. The molecule has 0 amide bonds. The Morgan fingerprint density at radius 3 is 2.71 bits per heavy atom. The van der Waals surface area contributed by atoms with Gasteiger partial charge in [-0.3, -0.25) is 9.78 Å². The van der Waals surface area contributed by atoms with Crippen molar-refractivity contribution in [2.24, 2.45) is 5.73 Å². The first-order valence-corrected chi connectivity index (χ1v) is 11.2. The second kappa shape index (κ2) is 12.4.